The van der Waals surface area contributed by atoms with Crippen molar-refractivity contribution in [3.63, 3.8) is 0 Å². The number of aromatic nitrogens is 2. The number of nitrogens with one attached hydrogen (secondary N) is 1. The third kappa shape index (κ3) is 2.15. The summed E-state index contributed by atoms with van der Waals surface area (Å²) in [6.45, 7) is 0. The van der Waals surface area contributed by atoms with Gasteiger partial charge >= 0.3 is 0 Å². The van der Waals surface area contributed by atoms with E-state index in [1.807, 2.05) is 18.8 Å². The summed E-state index contributed by atoms with van der Waals surface area (Å²) in [6.07, 6.45) is 6.09. The summed E-state index contributed by atoms with van der Waals surface area (Å²) in [5.74, 6) is 5.21. The molecule has 1 N–H and O–H groups in total. The largest absolute Gasteiger partial charge is 0.373 e. The molecule has 17 heavy (non-hydrogen) atoms. The average Bonchev–Trinajstić information content (AvgIpc) is 2.91. The number of fused-ring (bicyclic) bond motifs is 1. The van der Waals surface area contributed by atoms with Gasteiger partial charge in [0.25, 0.3) is 0 Å². The van der Waals surface area contributed by atoms with Gasteiger partial charge in [-0.2, -0.15) is 11.8 Å². The lowest BCUT2D eigenvalue weighted by Crippen LogP contribution is -2.15. The number of thioether (sulfide) groups is 1. The molecule has 1 aliphatic carbocycles. The van der Waals surface area contributed by atoms with E-state index >= 15 is 0 Å². The van der Waals surface area contributed by atoms with Gasteiger partial charge in [0.05, 0.1) is 0 Å². The van der Waals surface area contributed by atoms with E-state index in [2.05, 4.69) is 5.32 Å². The number of nitrogens with zero attached hydrogens (tertiary/aromatic N) is 2. The van der Waals surface area contributed by atoms with Crippen molar-refractivity contribution in [3.05, 3.63) is 17.1 Å². The summed E-state index contributed by atoms with van der Waals surface area (Å²) in [4.78, 5) is 9.59. The molecular weight excluding hydrogens is 230 g/mol. The van der Waals surface area contributed by atoms with E-state index in [1.165, 1.54) is 42.0 Å². The minimum absolute atomic E-state index is 0.583. The minimum atomic E-state index is 0.583. The van der Waals surface area contributed by atoms with Crippen molar-refractivity contribution in [2.75, 3.05) is 23.9 Å². The van der Waals surface area contributed by atoms with Gasteiger partial charge in [0, 0.05) is 30.0 Å². The number of aryl methyl sites for hydroxylation is 1. The van der Waals surface area contributed by atoms with E-state index in [1.54, 1.807) is 0 Å². The van der Waals surface area contributed by atoms with Crippen molar-refractivity contribution in [1.29, 1.82) is 0 Å². The number of anilines is 1. The smallest absolute Gasteiger partial charge is 0.134 e. The first kappa shape index (κ1) is 11.3. The molecule has 2 heterocycles. The first-order valence-corrected chi connectivity index (χ1v) is 7.69. The van der Waals surface area contributed by atoms with Crippen LogP contribution < -0.4 is 5.32 Å². The summed E-state index contributed by atoms with van der Waals surface area (Å²) in [7, 11) is 1.98. The topological polar surface area (TPSA) is 37.8 Å². The maximum Gasteiger partial charge on any atom is 0.134 e. The van der Waals surface area contributed by atoms with Gasteiger partial charge in [-0.25, -0.2) is 9.97 Å². The molecule has 0 spiro atoms. The quantitative estimate of drug-likeness (QED) is 0.874. The molecule has 0 bridgehead atoms. The van der Waals surface area contributed by atoms with Crippen LogP contribution in [-0.2, 0) is 12.8 Å². The molecule has 1 aromatic heterocycles. The lowest BCUT2D eigenvalue weighted by molar-refractivity contribution is 0.638. The lowest BCUT2D eigenvalue weighted by Gasteiger charge is -2.20. The third-order valence-electron chi connectivity index (χ3n) is 3.73. The maximum absolute atomic E-state index is 4.84. The summed E-state index contributed by atoms with van der Waals surface area (Å²) >= 11 is 2.03. The van der Waals surface area contributed by atoms with Crippen molar-refractivity contribution >= 4 is 17.6 Å². The fourth-order valence-corrected chi connectivity index (χ4v) is 3.96. The molecule has 3 rings (SSSR count). The predicted molar refractivity (Wildman–Crippen MR) is 72.9 cm³/mol. The molecule has 0 amide bonds. The van der Waals surface area contributed by atoms with Gasteiger partial charge in [-0.15, -0.1) is 0 Å². The monoisotopic (exact) mass is 249 g/mol. The van der Waals surface area contributed by atoms with Gasteiger partial charge in [0.15, 0.2) is 0 Å². The molecule has 0 saturated carbocycles. The van der Waals surface area contributed by atoms with Gasteiger partial charge in [0.1, 0.15) is 11.6 Å². The normalized spacial score (nSPS) is 23.5. The van der Waals surface area contributed by atoms with Crippen LogP contribution in [0.4, 0.5) is 5.82 Å². The zero-order chi connectivity index (χ0) is 11.7. The molecule has 4 heteroatoms. The molecule has 3 nitrogen and oxygen atoms in total. The van der Waals surface area contributed by atoms with E-state index < -0.39 is 0 Å². The van der Waals surface area contributed by atoms with Crippen LogP contribution in [-0.4, -0.2) is 28.5 Å². The Hall–Kier alpha value is -0.770. The summed E-state index contributed by atoms with van der Waals surface area (Å²) < 4.78 is 0. The average molecular weight is 249 g/mol. The van der Waals surface area contributed by atoms with Gasteiger partial charge in [-0.3, -0.25) is 0 Å². The van der Waals surface area contributed by atoms with Crippen LogP contribution in [0.5, 0.6) is 0 Å². The van der Waals surface area contributed by atoms with Crippen molar-refractivity contribution in [3.8, 4) is 0 Å². The highest BCUT2D eigenvalue weighted by Crippen LogP contribution is 2.33. The maximum atomic E-state index is 4.84. The Morgan fingerprint density at radius 3 is 2.88 bits per heavy atom. The van der Waals surface area contributed by atoms with Gasteiger partial charge in [-0.1, -0.05) is 0 Å². The number of rotatable bonds is 2. The van der Waals surface area contributed by atoms with Crippen LogP contribution >= 0.6 is 11.8 Å². The minimum Gasteiger partial charge on any atom is -0.373 e. The van der Waals surface area contributed by atoms with E-state index in [9.17, 15) is 0 Å². The Morgan fingerprint density at radius 1 is 1.24 bits per heavy atom. The van der Waals surface area contributed by atoms with E-state index in [4.69, 9.17) is 9.97 Å². The van der Waals surface area contributed by atoms with Crippen molar-refractivity contribution in [2.24, 2.45) is 0 Å². The zero-order valence-electron chi connectivity index (χ0n) is 10.3. The molecule has 1 saturated heterocycles. The Kier molecular flexibility index (Phi) is 3.23. The second-order valence-electron chi connectivity index (χ2n) is 4.87. The Balaban J connectivity index is 1.99. The Morgan fingerprint density at radius 2 is 2.12 bits per heavy atom. The van der Waals surface area contributed by atoms with Crippen LogP contribution in [0, 0.1) is 0 Å². The molecular formula is C13H19N3S. The second-order valence-corrected chi connectivity index (χ2v) is 6.02. The second kappa shape index (κ2) is 4.84. The van der Waals surface area contributed by atoms with Crippen LogP contribution in [0.3, 0.4) is 0 Å². The number of hydrogen-bond donors (Lipinski definition) is 1. The number of hydrogen-bond acceptors (Lipinski definition) is 4. The summed E-state index contributed by atoms with van der Waals surface area (Å²) in [6, 6.07) is 0. The van der Waals surface area contributed by atoms with Crippen LogP contribution in [0.1, 0.15) is 42.3 Å². The van der Waals surface area contributed by atoms with E-state index in [-0.39, 0.29) is 0 Å². The molecule has 1 aromatic rings. The molecule has 1 unspecified atom stereocenters. The molecule has 0 radical (unpaired) electrons. The van der Waals surface area contributed by atoms with E-state index in [0.717, 1.165) is 24.5 Å². The van der Waals surface area contributed by atoms with Gasteiger partial charge < -0.3 is 5.32 Å². The zero-order valence-corrected chi connectivity index (χ0v) is 11.1. The van der Waals surface area contributed by atoms with Crippen LogP contribution in [0.15, 0.2) is 0 Å². The Bertz CT molecular complexity index is 396. The standard InChI is InChI=1S/C13H19N3S/c1-14-13-10-4-2-3-5-11(10)15-12(16-13)9-6-7-17-8-9/h9H,2-8H2,1H3,(H,14,15,16). The molecule has 0 aromatic carbocycles. The van der Waals surface area contributed by atoms with Gasteiger partial charge in [0.2, 0.25) is 0 Å². The van der Waals surface area contributed by atoms with Gasteiger partial charge in [-0.05, 0) is 37.9 Å². The first-order valence-electron chi connectivity index (χ1n) is 6.53. The molecule has 1 atom stereocenters. The molecule has 92 valence electrons. The first-order chi connectivity index (χ1) is 8.38. The van der Waals surface area contributed by atoms with E-state index in [0.29, 0.717) is 5.92 Å². The predicted octanol–water partition coefficient (Wildman–Crippen LogP) is 2.62. The fourth-order valence-electron chi connectivity index (χ4n) is 2.74. The molecule has 1 fully saturated rings. The van der Waals surface area contributed by atoms with Crippen molar-refractivity contribution in [1.82, 2.24) is 9.97 Å². The van der Waals surface area contributed by atoms with Crippen LogP contribution in [0.2, 0.25) is 0 Å². The lowest BCUT2D eigenvalue weighted by atomic mass is 9.95. The van der Waals surface area contributed by atoms with Crippen molar-refractivity contribution in [2.45, 2.75) is 38.0 Å². The Labute approximate surface area is 107 Å². The highest BCUT2D eigenvalue weighted by Gasteiger charge is 2.24. The molecule has 2 aliphatic rings. The SMILES string of the molecule is CNc1nc(C2CCSC2)nc2c1CCCC2. The van der Waals surface area contributed by atoms with Crippen molar-refractivity contribution < 1.29 is 0 Å². The summed E-state index contributed by atoms with van der Waals surface area (Å²) in [5, 5.41) is 3.26. The molecule has 1 aliphatic heterocycles. The fraction of sp³-hybridized carbons (Fsp3) is 0.692. The summed E-state index contributed by atoms with van der Waals surface area (Å²) in [5.41, 5.74) is 2.68. The van der Waals surface area contributed by atoms with Crippen LogP contribution in [0.25, 0.3) is 0 Å². The third-order valence-corrected chi connectivity index (χ3v) is 4.89. The highest BCUT2D eigenvalue weighted by atomic mass is 32.2. The highest BCUT2D eigenvalue weighted by molar-refractivity contribution is 7.99.